The van der Waals surface area contributed by atoms with Crippen LogP contribution in [0.4, 0.5) is 17.5 Å². The number of ether oxygens (including phenoxy) is 2. The summed E-state index contributed by atoms with van der Waals surface area (Å²) in [5.74, 6) is 3.18. The van der Waals surface area contributed by atoms with Gasteiger partial charge < -0.3 is 24.5 Å². The minimum Gasteiger partial charge on any atom is -0.497 e. The molecule has 2 aromatic heterocycles. The number of rotatable bonds is 8. The molecule has 0 spiro atoms. The van der Waals surface area contributed by atoms with E-state index in [1.807, 2.05) is 43.3 Å². The number of hydrogen-bond donors (Lipinski definition) is 2. The Bertz CT molecular complexity index is 789. The normalized spacial score (nSPS) is 10.3. The highest BCUT2D eigenvalue weighted by atomic mass is 16.5. The second kappa shape index (κ2) is 8.05. The molecule has 0 unspecified atom stereocenters. The topological polar surface area (TPSA) is 81.4 Å². The molecular weight excluding hydrogens is 320 g/mol. The molecule has 0 saturated carbocycles. The summed E-state index contributed by atoms with van der Waals surface area (Å²) in [7, 11) is 1.64. The third-order valence-electron chi connectivity index (χ3n) is 3.36. The Kier molecular flexibility index (Phi) is 5.36. The van der Waals surface area contributed by atoms with Gasteiger partial charge in [-0.3, -0.25) is 0 Å². The first-order valence-electron chi connectivity index (χ1n) is 7.96. The molecule has 0 aliphatic rings. The van der Waals surface area contributed by atoms with Gasteiger partial charge in [0.15, 0.2) is 0 Å². The van der Waals surface area contributed by atoms with E-state index in [0.29, 0.717) is 30.8 Å². The number of furan rings is 1. The molecule has 7 heteroatoms. The van der Waals surface area contributed by atoms with Gasteiger partial charge in [-0.2, -0.15) is 9.97 Å². The summed E-state index contributed by atoms with van der Waals surface area (Å²) >= 11 is 0. The molecule has 2 N–H and O–H groups in total. The van der Waals surface area contributed by atoms with Crippen molar-refractivity contribution in [2.24, 2.45) is 0 Å². The Hall–Kier alpha value is -3.22. The van der Waals surface area contributed by atoms with Crippen LogP contribution in [0.25, 0.3) is 0 Å². The molecule has 130 valence electrons. The largest absolute Gasteiger partial charge is 0.497 e. The highest BCUT2D eigenvalue weighted by Gasteiger charge is 2.07. The molecule has 0 amide bonds. The molecule has 0 saturated heterocycles. The van der Waals surface area contributed by atoms with Crippen LogP contribution in [0.15, 0.2) is 53.1 Å². The minimum atomic E-state index is 0.457. The maximum absolute atomic E-state index is 5.52. The third kappa shape index (κ3) is 4.63. The van der Waals surface area contributed by atoms with Crippen LogP contribution in [0, 0.1) is 0 Å². The highest BCUT2D eigenvalue weighted by Crippen LogP contribution is 2.22. The first kappa shape index (κ1) is 16.6. The molecule has 7 nitrogen and oxygen atoms in total. The lowest BCUT2D eigenvalue weighted by Gasteiger charge is -2.11. The average molecular weight is 340 g/mol. The van der Waals surface area contributed by atoms with Gasteiger partial charge in [0.2, 0.25) is 11.8 Å². The van der Waals surface area contributed by atoms with Crippen molar-refractivity contribution in [2.75, 3.05) is 24.4 Å². The van der Waals surface area contributed by atoms with Gasteiger partial charge in [0.25, 0.3) is 0 Å². The van der Waals surface area contributed by atoms with Crippen molar-refractivity contribution in [3.8, 4) is 11.6 Å². The molecule has 2 heterocycles. The quantitative estimate of drug-likeness (QED) is 0.645. The molecule has 0 fully saturated rings. The monoisotopic (exact) mass is 340 g/mol. The fraction of sp³-hybridized carbons (Fsp3) is 0.222. The van der Waals surface area contributed by atoms with E-state index in [1.165, 1.54) is 0 Å². The van der Waals surface area contributed by atoms with Crippen LogP contribution in [0.2, 0.25) is 0 Å². The van der Waals surface area contributed by atoms with Gasteiger partial charge in [0.1, 0.15) is 17.3 Å². The lowest BCUT2D eigenvalue weighted by atomic mass is 10.3. The van der Waals surface area contributed by atoms with Gasteiger partial charge in [-0.1, -0.05) is 0 Å². The fourth-order valence-electron chi connectivity index (χ4n) is 2.19. The smallest absolute Gasteiger partial charge is 0.228 e. The fourth-order valence-corrected chi connectivity index (χ4v) is 2.19. The number of nitrogens with one attached hydrogen (secondary N) is 2. The van der Waals surface area contributed by atoms with Crippen molar-refractivity contribution in [2.45, 2.75) is 13.5 Å². The first-order chi connectivity index (χ1) is 12.3. The summed E-state index contributed by atoms with van der Waals surface area (Å²) in [4.78, 5) is 8.81. The zero-order chi connectivity index (χ0) is 17.5. The molecular formula is C18H20N4O3. The van der Waals surface area contributed by atoms with E-state index in [-0.39, 0.29) is 0 Å². The molecule has 0 bridgehead atoms. The Morgan fingerprint density at radius 3 is 2.64 bits per heavy atom. The Morgan fingerprint density at radius 2 is 1.96 bits per heavy atom. The van der Waals surface area contributed by atoms with E-state index in [4.69, 9.17) is 13.9 Å². The van der Waals surface area contributed by atoms with E-state index in [2.05, 4.69) is 20.6 Å². The summed E-state index contributed by atoms with van der Waals surface area (Å²) in [6.45, 7) is 2.93. The molecule has 0 atom stereocenters. The number of methoxy groups -OCH3 is 1. The van der Waals surface area contributed by atoms with Gasteiger partial charge in [-0.15, -0.1) is 0 Å². The van der Waals surface area contributed by atoms with Crippen molar-refractivity contribution in [1.29, 1.82) is 0 Å². The number of aromatic nitrogens is 2. The maximum Gasteiger partial charge on any atom is 0.228 e. The lowest BCUT2D eigenvalue weighted by molar-refractivity contribution is 0.327. The van der Waals surface area contributed by atoms with Crippen molar-refractivity contribution < 1.29 is 13.9 Å². The summed E-state index contributed by atoms with van der Waals surface area (Å²) in [6, 6.07) is 13.1. The van der Waals surface area contributed by atoms with Crippen molar-refractivity contribution in [3.05, 3.63) is 54.5 Å². The van der Waals surface area contributed by atoms with Gasteiger partial charge >= 0.3 is 0 Å². The summed E-state index contributed by atoms with van der Waals surface area (Å²) < 4.78 is 16.0. The maximum atomic E-state index is 5.52. The van der Waals surface area contributed by atoms with Gasteiger partial charge in [0.05, 0.1) is 26.5 Å². The second-order valence-electron chi connectivity index (χ2n) is 5.13. The number of benzene rings is 1. The Labute approximate surface area is 146 Å². The van der Waals surface area contributed by atoms with E-state index in [1.54, 1.807) is 19.4 Å². The van der Waals surface area contributed by atoms with Crippen LogP contribution in [0.3, 0.4) is 0 Å². The standard InChI is InChI=1S/C18H20N4O3/c1-3-24-17-11-16(20-13-6-8-14(23-2)9-7-13)21-18(22-17)19-12-15-5-4-10-25-15/h4-11H,3,12H2,1-2H3,(H2,19,20,21,22). The van der Waals surface area contributed by atoms with E-state index in [0.717, 1.165) is 17.2 Å². The molecule has 0 radical (unpaired) electrons. The van der Waals surface area contributed by atoms with Crippen LogP contribution in [-0.4, -0.2) is 23.7 Å². The summed E-state index contributed by atoms with van der Waals surface area (Å²) in [5, 5.41) is 6.37. The predicted molar refractivity (Wildman–Crippen MR) is 95.5 cm³/mol. The van der Waals surface area contributed by atoms with Crippen molar-refractivity contribution in [1.82, 2.24) is 9.97 Å². The molecule has 3 rings (SSSR count). The van der Waals surface area contributed by atoms with Crippen LogP contribution in [0.1, 0.15) is 12.7 Å². The van der Waals surface area contributed by atoms with Gasteiger partial charge in [-0.25, -0.2) is 0 Å². The SMILES string of the molecule is CCOc1cc(Nc2ccc(OC)cc2)nc(NCc2ccco2)n1. The third-order valence-corrected chi connectivity index (χ3v) is 3.36. The zero-order valence-corrected chi connectivity index (χ0v) is 14.2. The Morgan fingerprint density at radius 1 is 1.12 bits per heavy atom. The van der Waals surface area contributed by atoms with Gasteiger partial charge in [0, 0.05) is 11.8 Å². The summed E-state index contributed by atoms with van der Waals surface area (Å²) in [6.07, 6.45) is 1.63. The van der Waals surface area contributed by atoms with Crippen molar-refractivity contribution in [3.63, 3.8) is 0 Å². The zero-order valence-electron chi connectivity index (χ0n) is 14.2. The summed E-state index contributed by atoms with van der Waals surface area (Å²) in [5.41, 5.74) is 0.888. The molecule has 1 aromatic carbocycles. The van der Waals surface area contributed by atoms with Crippen LogP contribution >= 0.6 is 0 Å². The Balaban J connectivity index is 1.76. The molecule has 25 heavy (non-hydrogen) atoms. The van der Waals surface area contributed by atoms with Crippen molar-refractivity contribution >= 4 is 17.5 Å². The minimum absolute atomic E-state index is 0.457. The lowest BCUT2D eigenvalue weighted by Crippen LogP contribution is -2.07. The van der Waals surface area contributed by atoms with Crippen LogP contribution in [0.5, 0.6) is 11.6 Å². The second-order valence-corrected chi connectivity index (χ2v) is 5.13. The molecule has 0 aliphatic carbocycles. The van der Waals surface area contributed by atoms with Crippen LogP contribution < -0.4 is 20.1 Å². The first-order valence-corrected chi connectivity index (χ1v) is 7.96. The van der Waals surface area contributed by atoms with Gasteiger partial charge in [-0.05, 0) is 43.3 Å². The highest BCUT2D eigenvalue weighted by molar-refractivity contribution is 5.59. The number of hydrogen-bond acceptors (Lipinski definition) is 7. The van der Waals surface area contributed by atoms with E-state index >= 15 is 0 Å². The average Bonchev–Trinajstić information content (AvgIpc) is 3.14. The number of anilines is 3. The van der Waals surface area contributed by atoms with E-state index < -0.39 is 0 Å². The van der Waals surface area contributed by atoms with E-state index in [9.17, 15) is 0 Å². The predicted octanol–water partition coefficient (Wildman–Crippen LogP) is 3.83. The number of nitrogens with zero attached hydrogens (tertiary/aromatic N) is 2. The molecule has 3 aromatic rings. The van der Waals surface area contributed by atoms with Crippen LogP contribution in [-0.2, 0) is 6.54 Å². The molecule has 0 aliphatic heterocycles.